The zero-order valence-corrected chi connectivity index (χ0v) is 21.4. The maximum absolute atomic E-state index is 13.7. The standard InChI is InChI=1S/C25H33N3O6S/c1-6-16-10-12-17(13-11-16)21(22(30)26-14-20(29)33-5)28(18-8-7-9-18)23(31)19(15-35)27-24(32)34-25(2,3)4/h1,10-13,18-19,21,35H,7-9,14-15H2,2-5H3,(H,26,30)(H,27,32). The lowest BCUT2D eigenvalue weighted by atomic mass is 9.88. The molecule has 0 spiro atoms. The highest BCUT2D eigenvalue weighted by molar-refractivity contribution is 7.80. The number of alkyl carbamates (subject to hydrolysis) is 1. The van der Waals surface area contributed by atoms with Crippen LogP contribution in [-0.4, -0.2) is 65.9 Å². The molecule has 0 aromatic heterocycles. The first-order chi connectivity index (χ1) is 16.5. The predicted molar refractivity (Wildman–Crippen MR) is 134 cm³/mol. The number of nitrogens with zero attached hydrogens (tertiary/aromatic N) is 1. The molecule has 2 unspecified atom stereocenters. The fraction of sp³-hybridized carbons (Fsp3) is 0.520. The molecule has 2 N–H and O–H groups in total. The fourth-order valence-electron chi connectivity index (χ4n) is 3.53. The van der Waals surface area contributed by atoms with Crippen molar-refractivity contribution in [1.29, 1.82) is 0 Å². The Bertz CT molecular complexity index is 963. The van der Waals surface area contributed by atoms with Gasteiger partial charge in [0.05, 0.1) is 7.11 Å². The molecule has 2 rings (SSSR count). The molecule has 35 heavy (non-hydrogen) atoms. The molecule has 0 radical (unpaired) electrons. The third kappa shape index (κ3) is 7.92. The number of carbonyl (C=O) groups excluding carboxylic acids is 4. The highest BCUT2D eigenvalue weighted by Gasteiger charge is 2.41. The number of benzene rings is 1. The number of thiol groups is 1. The molecule has 0 bridgehead atoms. The molecular weight excluding hydrogens is 470 g/mol. The number of carbonyl (C=O) groups is 4. The molecule has 1 aromatic rings. The number of esters is 1. The van der Waals surface area contributed by atoms with Crippen molar-refractivity contribution >= 4 is 36.5 Å². The van der Waals surface area contributed by atoms with E-state index in [1.165, 1.54) is 12.0 Å². The number of terminal acetylenes is 1. The average molecular weight is 504 g/mol. The summed E-state index contributed by atoms with van der Waals surface area (Å²) in [5.74, 6) is 0.858. The molecule has 0 saturated heterocycles. The van der Waals surface area contributed by atoms with Gasteiger partial charge in [0, 0.05) is 17.4 Å². The van der Waals surface area contributed by atoms with E-state index in [1.54, 1.807) is 45.0 Å². The van der Waals surface area contributed by atoms with E-state index in [2.05, 4.69) is 33.9 Å². The minimum absolute atomic E-state index is 0.00612. The lowest BCUT2D eigenvalue weighted by Gasteiger charge is -2.43. The SMILES string of the molecule is C#Cc1ccc(C(C(=O)NCC(=O)OC)N(C(=O)C(CS)NC(=O)OC(C)(C)C)C2CCC2)cc1. The van der Waals surface area contributed by atoms with E-state index in [0.29, 0.717) is 24.0 Å². The lowest BCUT2D eigenvalue weighted by molar-refractivity contribution is -0.148. The summed E-state index contributed by atoms with van der Waals surface area (Å²) in [7, 11) is 1.22. The number of nitrogens with one attached hydrogen (secondary N) is 2. The van der Waals surface area contributed by atoms with Crippen LogP contribution in [0.15, 0.2) is 24.3 Å². The van der Waals surface area contributed by atoms with Gasteiger partial charge in [-0.25, -0.2) is 4.79 Å². The lowest BCUT2D eigenvalue weighted by Crippen LogP contribution is -2.58. The van der Waals surface area contributed by atoms with Crippen molar-refractivity contribution in [3.63, 3.8) is 0 Å². The number of hydrogen-bond acceptors (Lipinski definition) is 7. The highest BCUT2D eigenvalue weighted by Crippen LogP contribution is 2.34. The van der Waals surface area contributed by atoms with Crippen LogP contribution in [0.3, 0.4) is 0 Å². The number of methoxy groups -OCH3 is 1. The van der Waals surface area contributed by atoms with E-state index in [-0.39, 0.29) is 18.3 Å². The second-order valence-electron chi connectivity index (χ2n) is 9.17. The van der Waals surface area contributed by atoms with Gasteiger partial charge in [-0.05, 0) is 57.7 Å². The summed E-state index contributed by atoms with van der Waals surface area (Å²) in [5, 5.41) is 5.12. The molecule has 190 valence electrons. The van der Waals surface area contributed by atoms with Crippen LogP contribution in [0.5, 0.6) is 0 Å². The first kappa shape index (κ1) is 28.1. The van der Waals surface area contributed by atoms with Gasteiger partial charge >= 0.3 is 12.1 Å². The maximum Gasteiger partial charge on any atom is 0.408 e. The Morgan fingerprint density at radius 1 is 1.20 bits per heavy atom. The quantitative estimate of drug-likeness (QED) is 0.271. The van der Waals surface area contributed by atoms with Gasteiger partial charge in [0.25, 0.3) is 0 Å². The predicted octanol–water partition coefficient (Wildman–Crippen LogP) is 2.20. The second-order valence-corrected chi connectivity index (χ2v) is 9.54. The summed E-state index contributed by atoms with van der Waals surface area (Å²) >= 11 is 4.26. The highest BCUT2D eigenvalue weighted by atomic mass is 32.1. The summed E-state index contributed by atoms with van der Waals surface area (Å²) in [6.07, 6.45) is 6.99. The molecule has 10 heteroatoms. The molecule has 1 fully saturated rings. The number of rotatable bonds is 9. The van der Waals surface area contributed by atoms with Crippen molar-refractivity contribution in [2.75, 3.05) is 19.4 Å². The topological polar surface area (TPSA) is 114 Å². The Morgan fingerprint density at radius 2 is 1.83 bits per heavy atom. The summed E-state index contributed by atoms with van der Waals surface area (Å²) in [5.41, 5.74) is 0.377. The van der Waals surface area contributed by atoms with Crippen LogP contribution in [-0.2, 0) is 23.9 Å². The Kier molecular flexibility index (Phi) is 10.0. The van der Waals surface area contributed by atoms with Gasteiger partial charge in [0.1, 0.15) is 24.2 Å². The molecule has 1 saturated carbocycles. The number of hydrogen-bond donors (Lipinski definition) is 3. The Hall–Kier alpha value is -3.19. The van der Waals surface area contributed by atoms with E-state index in [4.69, 9.17) is 11.2 Å². The summed E-state index contributed by atoms with van der Waals surface area (Å²) in [4.78, 5) is 52.6. The third-order valence-electron chi connectivity index (χ3n) is 5.45. The largest absolute Gasteiger partial charge is 0.468 e. The van der Waals surface area contributed by atoms with E-state index >= 15 is 0 Å². The summed E-state index contributed by atoms with van der Waals surface area (Å²) in [6, 6.07) is 4.37. The normalized spacial score (nSPS) is 15.0. The number of amides is 3. The van der Waals surface area contributed by atoms with Crippen LogP contribution in [0.1, 0.15) is 57.2 Å². The molecule has 0 aliphatic heterocycles. The van der Waals surface area contributed by atoms with E-state index in [9.17, 15) is 19.2 Å². The van der Waals surface area contributed by atoms with Crippen molar-refractivity contribution in [3.8, 4) is 12.3 Å². The van der Waals surface area contributed by atoms with Crippen LogP contribution >= 0.6 is 12.6 Å². The molecule has 3 amide bonds. The van der Waals surface area contributed by atoms with Gasteiger partial charge < -0.3 is 25.0 Å². The van der Waals surface area contributed by atoms with Crippen molar-refractivity contribution < 1.29 is 28.7 Å². The molecule has 1 aliphatic carbocycles. The maximum atomic E-state index is 13.7. The van der Waals surface area contributed by atoms with Crippen LogP contribution in [0.2, 0.25) is 0 Å². The fourth-order valence-corrected chi connectivity index (χ4v) is 3.77. The van der Waals surface area contributed by atoms with Crippen LogP contribution in [0.4, 0.5) is 4.79 Å². The Balaban J connectivity index is 2.42. The molecule has 1 aromatic carbocycles. The van der Waals surface area contributed by atoms with Gasteiger partial charge in [-0.2, -0.15) is 12.6 Å². The third-order valence-corrected chi connectivity index (χ3v) is 5.81. The van der Waals surface area contributed by atoms with Crippen LogP contribution in [0.25, 0.3) is 0 Å². The first-order valence-corrected chi connectivity index (χ1v) is 12.0. The zero-order chi connectivity index (χ0) is 26.2. The molecule has 0 heterocycles. The first-order valence-electron chi connectivity index (χ1n) is 11.3. The van der Waals surface area contributed by atoms with E-state index in [0.717, 1.165) is 6.42 Å². The van der Waals surface area contributed by atoms with Crippen molar-refractivity contribution in [2.24, 2.45) is 0 Å². The minimum Gasteiger partial charge on any atom is -0.468 e. The van der Waals surface area contributed by atoms with E-state index < -0.39 is 41.6 Å². The summed E-state index contributed by atoms with van der Waals surface area (Å²) in [6.45, 7) is 4.79. The average Bonchev–Trinajstić information content (AvgIpc) is 2.78. The molecule has 1 aliphatic rings. The van der Waals surface area contributed by atoms with Crippen molar-refractivity contribution in [3.05, 3.63) is 35.4 Å². The van der Waals surface area contributed by atoms with E-state index in [1.807, 2.05) is 0 Å². The zero-order valence-electron chi connectivity index (χ0n) is 20.5. The monoisotopic (exact) mass is 503 g/mol. The Morgan fingerprint density at radius 3 is 2.29 bits per heavy atom. The van der Waals surface area contributed by atoms with Gasteiger partial charge in [-0.15, -0.1) is 6.42 Å². The van der Waals surface area contributed by atoms with Gasteiger partial charge in [0.2, 0.25) is 11.8 Å². The Labute approximate surface area is 211 Å². The molecular formula is C25H33N3O6S. The minimum atomic E-state index is -1.06. The van der Waals surface area contributed by atoms with Crippen LogP contribution in [0, 0.1) is 12.3 Å². The smallest absolute Gasteiger partial charge is 0.408 e. The van der Waals surface area contributed by atoms with Gasteiger partial charge in [0.15, 0.2) is 0 Å². The molecule has 9 nitrogen and oxygen atoms in total. The number of ether oxygens (including phenoxy) is 2. The second kappa shape index (κ2) is 12.5. The summed E-state index contributed by atoms with van der Waals surface area (Å²) < 4.78 is 9.91. The van der Waals surface area contributed by atoms with Crippen molar-refractivity contribution in [1.82, 2.24) is 15.5 Å². The van der Waals surface area contributed by atoms with Crippen molar-refractivity contribution in [2.45, 2.75) is 63.8 Å². The molecule has 2 atom stereocenters. The van der Waals surface area contributed by atoms with Crippen LogP contribution < -0.4 is 10.6 Å². The van der Waals surface area contributed by atoms with Gasteiger partial charge in [-0.1, -0.05) is 18.1 Å². The van der Waals surface area contributed by atoms with Gasteiger partial charge in [-0.3, -0.25) is 14.4 Å².